The molecule has 0 amide bonds. The van der Waals surface area contributed by atoms with Crippen LogP contribution in [0.4, 0.5) is 0 Å². The first-order chi connectivity index (χ1) is 10.1. The number of methoxy groups -OCH3 is 1. The van der Waals surface area contributed by atoms with Crippen molar-refractivity contribution in [2.24, 2.45) is 0 Å². The monoisotopic (exact) mass is 281 g/mol. The van der Waals surface area contributed by atoms with E-state index in [1.807, 2.05) is 29.9 Å². The molecule has 0 aliphatic carbocycles. The van der Waals surface area contributed by atoms with Gasteiger partial charge in [0.05, 0.1) is 7.11 Å². The van der Waals surface area contributed by atoms with Crippen LogP contribution in [0.25, 0.3) is 11.3 Å². The molecule has 3 rings (SSSR count). The molecule has 0 N–H and O–H groups in total. The lowest BCUT2D eigenvalue weighted by molar-refractivity contribution is 0.344. The minimum atomic E-state index is 0.760. The van der Waals surface area contributed by atoms with Crippen molar-refractivity contribution in [3.63, 3.8) is 0 Å². The van der Waals surface area contributed by atoms with Gasteiger partial charge in [-0.2, -0.15) is 0 Å². The van der Waals surface area contributed by atoms with Crippen LogP contribution < -0.4 is 4.74 Å². The molecule has 0 atom stereocenters. The van der Waals surface area contributed by atoms with Crippen LogP contribution in [0.5, 0.6) is 5.88 Å². The maximum atomic E-state index is 5.59. The largest absolute Gasteiger partial charge is 0.480 e. The van der Waals surface area contributed by atoms with Gasteiger partial charge < -0.3 is 4.74 Å². The van der Waals surface area contributed by atoms with Crippen molar-refractivity contribution in [3.05, 3.63) is 59.4 Å². The van der Waals surface area contributed by atoms with E-state index < -0.39 is 0 Å². The second kappa shape index (κ2) is 5.13. The first kappa shape index (κ1) is 13.5. The highest BCUT2D eigenvalue weighted by atomic mass is 16.5. The zero-order valence-corrected chi connectivity index (χ0v) is 12.8. The molecule has 0 aliphatic rings. The Hall–Kier alpha value is -2.49. The van der Waals surface area contributed by atoms with Crippen LogP contribution in [0, 0.1) is 20.8 Å². The van der Waals surface area contributed by atoms with Crippen LogP contribution in [0.15, 0.2) is 42.5 Å². The molecule has 0 fully saturated rings. The van der Waals surface area contributed by atoms with Gasteiger partial charge >= 0.3 is 0 Å². The molecule has 21 heavy (non-hydrogen) atoms. The van der Waals surface area contributed by atoms with Crippen LogP contribution in [0.1, 0.15) is 17.0 Å². The molecule has 2 heterocycles. The smallest absolute Gasteiger partial charge is 0.236 e. The number of hydrogen-bond acceptors (Lipinski definition) is 2. The van der Waals surface area contributed by atoms with Gasteiger partial charge in [0.15, 0.2) is 0 Å². The fourth-order valence-corrected chi connectivity index (χ4v) is 2.67. The number of aryl methyl sites for hydroxylation is 2. The molecule has 0 saturated carbocycles. The van der Waals surface area contributed by atoms with E-state index in [4.69, 9.17) is 9.84 Å². The average molecular weight is 281 g/mol. The summed E-state index contributed by atoms with van der Waals surface area (Å²) >= 11 is 0. The molecule has 0 aliphatic heterocycles. The van der Waals surface area contributed by atoms with Gasteiger partial charge in [0.1, 0.15) is 5.69 Å². The van der Waals surface area contributed by atoms with E-state index >= 15 is 0 Å². The van der Waals surface area contributed by atoms with E-state index in [1.54, 1.807) is 7.11 Å². The van der Waals surface area contributed by atoms with Gasteiger partial charge in [-0.1, -0.05) is 30.3 Å². The highest BCUT2D eigenvalue weighted by Gasteiger charge is 2.19. The fraction of sp³-hybridized carbons (Fsp3) is 0.235. The van der Waals surface area contributed by atoms with Gasteiger partial charge in [-0.05, 0) is 32.9 Å². The lowest BCUT2D eigenvalue weighted by atomic mass is 10.1. The summed E-state index contributed by atoms with van der Waals surface area (Å²) in [7, 11) is 1.68. The molecular weight excluding hydrogens is 262 g/mol. The number of aromatic nitrogens is 3. The summed E-state index contributed by atoms with van der Waals surface area (Å²) in [6, 6.07) is 14.3. The first-order valence-corrected chi connectivity index (χ1v) is 6.98. The highest BCUT2D eigenvalue weighted by molar-refractivity contribution is 5.64. The maximum Gasteiger partial charge on any atom is 0.236 e. The molecule has 0 radical (unpaired) electrons. The zero-order valence-electron chi connectivity index (χ0n) is 12.8. The van der Waals surface area contributed by atoms with Gasteiger partial charge in [-0.3, -0.25) is 0 Å². The summed E-state index contributed by atoms with van der Waals surface area (Å²) in [5, 5.41) is 4.77. The molecule has 0 unspecified atom stereocenters. The van der Waals surface area contributed by atoms with Crippen molar-refractivity contribution in [2.75, 3.05) is 7.11 Å². The highest BCUT2D eigenvalue weighted by Crippen LogP contribution is 2.30. The van der Waals surface area contributed by atoms with Crippen molar-refractivity contribution in [3.8, 4) is 17.1 Å². The van der Waals surface area contributed by atoms with E-state index in [1.165, 1.54) is 0 Å². The molecular formula is C17H19N3O. The average Bonchev–Trinajstić information content (AvgIpc) is 2.99. The van der Waals surface area contributed by atoms with Crippen LogP contribution in [0.2, 0.25) is 0 Å². The third-order valence-corrected chi connectivity index (χ3v) is 3.72. The molecule has 4 nitrogen and oxygen atoms in total. The van der Waals surface area contributed by atoms with Gasteiger partial charge in [0, 0.05) is 22.5 Å². The molecule has 0 bridgehead atoms. The molecule has 4 heteroatoms. The number of rotatable bonds is 3. The minimum Gasteiger partial charge on any atom is -0.480 e. The Labute approximate surface area is 124 Å². The summed E-state index contributed by atoms with van der Waals surface area (Å²) < 4.78 is 7.65. The lowest BCUT2D eigenvalue weighted by Gasteiger charge is -2.12. The van der Waals surface area contributed by atoms with Gasteiger partial charge in [0.2, 0.25) is 5.88 Å². The normalized spacial score (nSPS) is 10.9. The molecule has 1 aromatic carbocycles. The summed E-state index contributed by atoms with van der Waals surface area (Å²) in [5.41, 5.74) is 5.31. The predicted molar refractivity (Wildman–Crippen MR) is 83.7 cm³/mol. The summed E-state index contributed by atoms with van der Waals surface area (Å²) in [6.07, 6.45) is 0. The van der Waals surface area contributed by atoms with E-state index in [0.29, 0.717) is 0 Å². The SMILES string of the molecule is COc1c(C)c(-c2ccccc2)nn1-n1c(C)ccc1C. The Morgan fingerprint density at radius 1 is 0.905 bits per heavy atom. The lowest BCUT2D eigenvalue weighted by Crippen LogP contribution is -2.15. The van der Waals surface area contributed by atoms with Crippen LogP contribution in [-0.2, 0) is 0 Å². The van der Waals surface area contributed by atoms with Crippen molar-refractivity contribution in [1.82, 2.24) is 14.6 Å². The topological polar surface area (TPSA) is 32.0 Å². The fourth-order valence-electron chi connectivity index (χ4n) is 2.67. The predicted octanol–water partition coefficient (Wildman–Crippen LogP) is 3.60. The Bertz CT molecular complexity index is 749. The second-order valence-electron chi connectivity index (χ2n) is 5.17. The van der Waals surface area contributed by atoms with Gasteiger partial charge in [0.25, 0.3) is 0 Å². The Morgan fingerprint density at radius 3 is 2.10 bits per heavy atom. The Morgan fingerprint density at radius 2 is 1.52 bits per heavy atom. The Kier molecular flexibility index (Phi) is 3.29. The number of ether oxygens (including phenoxy) is 1. The van der Waals surface area contributed by atoms with Crippen LogP contribution in [-0.4, -0.2) is 21.7 Å². The number of hydrogen-bond donors (Lipinski definition) is 0. The van der Waals surface area contributed by atoms with Gasteiger partial charge in [-0.25, -0.2) is 4.68 Å². The molecule has 0 spiro atoms. The van der Waals surface area contributed by atoms with Crippen LogP contribution in [0.3, 0.4) is 0 Å². The third-order valence-electron chi connectivity index (χ3n) is 3.72. The van der Waals surface area contributed by atoms with E-state index in [2.05, 4.69) is 42.8 Å². The molecule has 2 aromatic heterocycles. The standard InChI is InChI=1S/C17H19N3O/c1-12-10-11-13(2)19(12)20-17(21-4)14(3)16(18-20)15-8-6-5-7-9-15/h5-11H,1-4H3. The minimum absolute atomic E-state index is 0.760. The van der Waals surface area contributed by atoms with E-state index in [0.717, 1.165) is 34.1 Å². The van der Waals surface area contributed by atoms with Crippen molar-refractivity contribution in [1.29, 1.82) is 0 Å². The van der Waals surface area contributed by atoms with Gasteiger partial charge in [-0.15, -0.1) is 9.89 Å². The maximum absolute atomic E-state index is 5.59. The second-order valence-corrected chi connectivity index (χ2v) is 5.17. The molecule has 0 saturated heterocycles. The van der Waals surface area contributed by atoms with Crippen LogP contribution >= 0.6 is 0 Å². The Balaban J connectivity index is 2.24. The third kappa shape index (κ3) is 2.13. The number of nitrogens with zero attached hydrogens (tertiary/aromatic N) is 3. The van der Waals surface area contributed by atoms with Crippen molar-refractivity contribution < 1.29 is 4.74 Å². The van der Waals surface area contributed by atoms with E-state index in [-0.39, 0.29) is 0 Å². The zero-order chi connectivity index (χ0) is 15.0. The van der Waals surface area contributed by atoms with Crippen molar-refractivity contribution in [2.45, 2.75) is 20.8 Å². The first-order valence-electron chi connectivity index (χ1n) is 6.98. The molecule has 108 valence electrons. The van der Waals surface area contributed by atoms with E-state index in [9.17, 15) is 0 Å². The summed E-state index contributed by atoms with van der Waals surface area (Å²) in [6.45, 7) is 6.16. The number of benzene rings is 1. The molecule has 3 aromatic rings. The summed E-state index contributed by atoms with van der Waals surface area (Å²) in [5.74, 6) is 0.760. The van der Waals surface area contributed by atoms with Crippen molar-refractivity contribution >= 4 is 0 Å². The quantitative estimate of drug-likeness (QED) is 0.734. The summed E-state index contributed by atoms with van der Waals surface area (Å²) in [4.78, 5) is 1.84.